The summed E-state index contributed by atoms with van der Waals surface area (Å²) in [5.74, 6) is -0.904. The second-order valence-electron chi connectivity index (χ2n) is 4.33. The van der Waals surface area contributed by atoms with E-state index >= 15 is 0 Å². The van der Waals surface area contributed by atoms with E-state index in [1.165, 1.54) is 12.1 Å². The number of hydrogen-bond acceptors (Lipinski definition) is 3. The maximum Gasteiger partial charge on any atom is 0.255 e. The summed E-state index contributed by atoms with van der Waals surface area (Å²) in [6, 6.07) is 10.3. The molecule has 0 aliphatic heterocycles. The molecule has 0 aromatic heterocycles. The Morgan fingerprint density at radius 2 is 2.05 bits per heavy atom. The number of nitrogen functional groups attached to an aromatic ring is 1. The minimum absolute atomic E-state index is 0.0746. The lowest BCUT2D eigenvalue weighted by Gasteiger charge is -2.08. The summed E-state index contributed by atoms with van der Waals surface area (Å²) in [6.45, 7) is 1.80. The Balaban J connectivity index is 2.28. The standard InChI is InChI=1S/C15H12FN3O/c1-9-6-10(2-4-13(9)18)15(20)19-14-5-3-12(16)7-11(14)8-17/h2-7H,18H2,1H3,(H,19,20). The normalized spacial score (nSPS) is 9.85. The predicted octanol–water partition coefficient (Wildman–Crippen LogP) is 2.84. The van der Waals surface area contributed by atoms with Crippen molar-refractivity contribution in [1.29, 1.82) is 5.26 Å². The van der Waals surface area contributed by atoms with Crippen LogP contribution in [0.25, 0.3) is 0 Å². The van der Waals surface area contributed by atoms with Crippen molar-refractivity contribution in [3.63, 3.8) is 0 Å². The highest BCUT2D eigenvalue weighted by molar-refractivity contribution is 6.05. The highest BCUT2D eigenvalue weighted by atomic mass is 19.1. The molecule has 3 N–H and O–H groups in total. The number of nitriles is 1. The third-order valence-electron chi connectivity index (χ3n) is 2.88. The topological polar surface area (TPSA) is 78.9 Å². The number of rotatable bonds is 2. The Morgan fingerprint density at radius 3 is 2.70 bits per heavy atom. The van der Waals surface area contributed by atoms with E-state index < -0.39 is 5.82 Å². The van der Waals surface area contributed by atoms with Crippen LogP contribution >= 0.6 is 0 Å². The maximum absolute atomic E-state index is 13.0. The fourth-order valence-electron chi connectivity index (χ4n) is 1.73. The van der Waals surface area contributed by atoms with Crippen LogP contribution in [0.2, 0.25) is 0 Å². The zero-order valence-electron chi connectivity index (χ0n) is 10.8. The first-order valence-electron chi connectivity index (χ1n) is 5.88. The van der Waals surface area contributed by atoms with E-state index in [-0.39, 0.29) is 17.2 Å². The van der Waals surface area contributed by atoms with Gasteiger partial charge in [0.2, 0.25) is 0 Å². The molecule has 5 heteroatoms. The van der Waals surface area contributed by atoms with Gasteiger partial charge in [-0.25, -0.2) is 4.39 Å². The average Bonchev–Trinajstić information content (AvgIpc) is 2.43. The molecule has 0 aliphatic rings. The highest BCUT2D eigenvalue weighted by Gasteiger charge is 2.10. The van der Waals surface area contributed by atoms with E-state index in [1.54, 1.807) is 25.1 Å². The maximum atomic E-state index is 13.0. The number of hydrogen-bond donors (Lipinski definition) is 2. The zero-order valence-corrected chi connectivity index (χ0v) is 10.8. The molecule has 0 radical (unpaired) electrons. The van der Waals surface area contributed by atoms with Crippen molar-refractivity contribution in [1.82, 2.24) is 0 Å². The van der Waals surface area contributed by atoms with Gasteiger partial charge in [-0.05, 0) is 48.9 Å². The zero-order chi connectivity index (χ0) is 14.7. The van der Waals surface area contributed by atoms with Gasteiger partial charge in [-0.15, -0.1) is 0 Å². The van der Waals surface area contributed by atoms with Crippen molar-refractivity contribution in [2.75, 3.05) is 11.1 Å². The van der Waals surface area contributed by atoms with Crippen LogP contribution in [-0.2, 0) is 0 Å². The minimum Gasteiger partial charge on any atom is -0.399 e. The van der Waals surface area contributed by atoms with Crippen LogP contribution in [0.5, 0.6) is 0 Å². The lowest BCUT2D eigenvalue weighted by molar-refractivity contribution is 0.102. The molecule has 100 valence electrons. The van der Waals surface area contributed by atoms with Crippen LogP contribution in [0.3, 0.4) is 0 Å². The van der Waals surface area contributed by atoms with Crippen LogP contribution in [0.4, 0.5) is 15.8 Å². The fourth-order valence-corrected chi connectivity index (χ4v) is 1.73. The van der Waals surface area contributed by atoms with Crippen LogP contribution in [0.1, 0.15) is 21.5 Å². The molecule has 0 unspecified atom stereocenters. The molecule has 20 heavy (non-hydrogen) atoms. The molecule has 1 amide bonds. The Bertz CT molecular complexity index is 720. The second-order valence-corrected chi connectivity index (χ2v) is 4.33. The first kappa shape index (κ1) is 13.6. The summed E-state index contributed by atoms with van der Waals surface area (Å²) in [7, 11) is 0. The van der Waals surface area contributed by atoms with Gasteiger partial charge in [0.05, 0.1) is 11.3 Å². The summed E-state index contributed by atoms with van der Waals surface area (Å²) in [4.78, 5) is 12.1. The number of carbonyl (C=O) groups excluding carboxylic acids is 1. The Morgan fingerprint density at radius 1 is 1.30 bits per heavy atom. The van der Waals surface area contributed by atoms with E-state index in [0.717, 1.165) is 11.6 Å². The number of carbonyl (C=O) groups is 1. The van der Waals surface area contributed by atoms with E-state index in [4.69, 9.17) is 11.0 Å². The summed E-state index contributed by atoms with van der Waals surface area (Å²) in [5.41, 5.74) is 7.84. The highest BCUT2D eigenvalue weighted by Crippen LogP contribution is 2.18. The van der Waals surface area contributed by atoms with Gasteiger partial charge in [0.15, 0.2) is 0 Å². The number of nitrogens with one attached hydrogen (secondary N) is 1. The van der Waals surface area contributed by atoms with Crippen LogP contribution in [0.15, 0.2) is 36.4 Å². The number of nitrogens with zero attached hydrogens (tertiary/aromatic N) is 1. The monoisotopic (exact) mass is 269 g/mol. The molecule has 0 aliphatic carbocycles. The van der Waals surface area contributed by atoms with E-state index in [2.05, 4.69) is 5.32 Å². The molecule has 2 rings (SSSR count). The van der Waals surface area contributed by atoms with Crippen LogP contribution in [-0.4, -0.2) is 5.91 Å². The predicted molar refractivity (Wildman–Crippen MR) is 74.7 cm³/mol. The van der Waals surface area contributed by atoms with Gasteiger partial charge >= 0.3 is 0 Å². The van der Waals surface area contributed by atoms with Crippen molar-refractivity contribution in [2.24, 2.45) is 0 Å². The third kappa shape index (κ3) is 2.75. The number of nitrogens with two attached hydrogens (primary N) is 1. The van der Waals surface area contributed by atoms with Gasteiger partial charge in [-0.3, -0.25) is 4.79 Å². The molecule has 0 fully saturated rings. The second kappa shape index (κ2) is 5.41. The van der Waals surface area contributed by atoms with Gasteiger partial charge in [0, 0.05) is 11.3 Å². The number of benzene rings is 2. The van der Waals surface area contributed by atoms with Gasteiger partial charge in [-0.2, -0.15) is 5.26 Å². The summed E-state index contributed by atoms with van der Waals surface area (Å²) in [5, 5.41) is 11.5. The summed E-state index contributed by atoms with van der Waals surface area (Å²) in [6.07, 6.45) is 0. The van der Waals surface area contributed by atoms with E-state index in [9.17, 15) is 9.18 Å². The molecular formula is C15H12FN3O. The van der Waals surface area contributed by atoms with Crippen molar-refractivity contribution >= 4 is 17.3 Å². The lowest BCUT2D eigenvalue weighted by atomic mass is 10.1. The number of anilines is 2. The van der Waals surface area contributed by atoms with E-state index in [0.29, 0.717) is 11.3 Å². The lowest BCUT2D eigenvalue weighted by Crippen LogP contribution is -2.13. The van der Waals surface area contributed by atoms with Gasteiger partial charge in [0.1, 0.15) is 11.9 Å². The van der Waals surface area contributed by atoms with Crippen molar-refractivity contribution in [2.45, 2.75) is 6.92 Å². The molecule has 2 aromatic carbocycles. The Hall–Kier alpha value is -2.87. The quantitative estimate of drug-likeness (QED) is 0.823. The van der Waals surface area contributed by atoms with Gasteiger partial charge < -0.3 is 11.1 Å². The van der Waals surface area contributed by atoms with Gasteiger partial charge in [0.25, 0.3) is 5.91 Å². The van der Waals surface area contributed by atoms with Gasteiger partial charge in [-0.1, -0.05) is 0 Å². The fraction of sp³-hybridized carbons (Fsp3) is 0.0667. The molecule has 4 nitrogen and oxygen atoms in total. The molecule has 0 atom stereocenters. The number of aryl methyl sites for hydroxylation is 1. The van der Waals surface area contributed by atoms with E-state index in [1.807, 2.05) is 6.07 Å². The molecule has 0 spiro atoms. The third-order valence-corrected chi connectivity index (χ3v) is 2.88. The van der Waals surface area contributed by atoms with Crippen molar-refractivity contribution in [3.8, 4) is 6.07 Å². The molecule has 0 saturated heterocycles. The molecule has 2 aromatic rings. The molecule has 0 saturated carbocycles. The van der Waals surface area contributed by atoms with Crippen molar-refractivity contribution in [3.05, 3.63) is 58.9 Å². The number of amides is 1. The smallest absolute Gasteiger partial charge is 0.255 e. The number of halogens is 1. The summed E-state index contributed by atoms with van der Waals surface area (Å²) < 4.78 is 13.0. The van der Waals surface area contributed by atoms with Crippen LogP contribution in [0, 0.1) is 24.1 Å². The Kier molecular flexibility index (Phi) is 3.67. The average molecular weight is 269 g/mol. The Labute approximate surface area is 115 Å². The largest absolute Gasteiger partial charge is 0.399 e. The van der Waals surface area contributed by atoms with Crippen molar-refractivity contribution < 1.29 is 9.18 Å². The van der Waals surface area contributed by atoms with Crippen LogP contribution < -0.4 is 11.1 Å². The SMILES string of the molecule is Cc1cc(C(=O)Nc2ccc(F)cc2C#N)ccc1N. The minimum atomic E-state index is -0.525. The first-order chi connectivity index (χ1) is 9.51. The molecule has 0 bridgehead atoms. The molecular weight excluding hydrogens is 257 g/mol. The molecule has 0 heterocycles. The first-order valence-corrected chi connectivity index (χ1v) is 5.88. The summed E-state index contributed by atoms with van der Waals surface area (Å²) >= 11 is 0.